The van der Waals surface area contributed by atoms with Crippen LogP contribution in [0.2, 0.25) is 10.0 Å². The number of aromatic nitrogens is 1. The Labute approximate surface area is 307 Å². The van der Waals surface area contributed by atoms with E-state index >= 15 is 0 Å². The van der Waals surface area contributed by atoms with Gasteiger partial charge in [0.15, 0.2) is 0 Å². The molecule has 50 heavy (non-hydrogen) atoms. The smallest absolute Gasteiger partial charge is 0.329 e. The van der Waals surface area contributed by atoms with Crippen LogP contribution in [0.4, 0.5) is 5.69 Å². The highest BCUT2D eigenvalue weighted by atomic mass is 35.5. The Hall–Kier alpha value is -3.00. The SMILES string of the molecule is C[C@@H](COc1ccnc2c1[C@H](C)CCC2)CC1Cc2cc(Cl)c(OCCN3CCCC3)cc2C12CCC(Nc1cccc(Cl)c1)(C(=O)O)CC2. The van der Waals surface area contributed by atoms with Crippen molar-refractivity contribution in [3.63, 3.8) is 0 Å². The molecule has 2 fully saturated rings. The molecule has 3 aliphatic carbocycles. The summed E-state index contributed by atoms with van der Waals surface area (Å²) in [6.07, 6.45) is 12.2. The highest BCUT2D eigenvalue weighted by Crippen LogP contribution is 2.57. The maximum Gasteiger partial charge on any atom is 0.329 e. The van der Waals surface area contributed by atoms with Crippen LogP contribution >= 0.6 is 23.2 Å². The van der Waals surface area contributed by atoms with Gasteiger partial charge in [0.25, 0.3) is 0 Å². The Balaban J connectivity index is 1.13. The monoisotopic (exact) mass is 719 g/mol. The van der Waals surface area contributed by atoms with Crippen LogP contribution < -0.4 is 14.8 Å². The molecule has 1 saturated carbocycles. The number of carboxylic acid groups (broad SMARTS) is 1. The lowest BCUT2D eigenvalue weighted by atomic mass is 9.59. The third-order valence-corrected chi connectivity index (χ3v) is 12.7. The molecule has 3 atom stereocenters. The van der Waals surface area contributed by atoms with Gasteiger partial charge in [0.1, 0.15) is 23.6 Å². The molecule has 4 aliphatic rings. The second-order valence-electron chi connectivity index (χ2n) is 15.5. The minimum absolute atomic E-state index is 0.180. The van der Waals surface area contributed by atoms with Gasteiger partial charge in [0.2, 0.25) is 0 Å². The number of hydrogen-bond acceptors (Lipinski definition) is 6. The molecule has 1 unspecified atom stereocenters. The number of nitrogens with zero attached hydrogens (tertiary/aromatic N) is 2. The normalized spacial score (nSPS) is 26.7. The first-order valence-electron chi connectivity index (χ1n) is 18.7. The van der Waals surface area contributed by atoms with Crippen LogP contribution in [0.1, 0.15) is 99.9 Å². The molecule has 7 rings (SSSR count). The number of halogens is 2. The van der Waals surface area contributed by atoms with Gasteiger partial charge in [-0.2, -0.15) is 0 Å². The van der Waals surface area contributed by atoms with Crippen LogP contribution in [0.3, 0.4) is 0 Å². The Kier molecular flexibility index (Phi) is 10.6. The Morgan fingerprint density at radius 3 is 2.62 bits per heavy atom. The number of hydrogen-bond donors (Lipinski definition) is 2. The molecule has 1 aromatic heterocycles. The fourth-order valence-corrected chi connectivity index (χ4v) is 9.94. The van der Waals surface area contributed by atoms with Crippen LogP contribution in [0.25, 0.3) is 0 Å². The Bertz CT molecular complexity index is 1680. The molecule has 3 aromatic rings. The maximum atomic E-state index is 13.0. The number of carboxylic acids is 1. The lowest BCUT2D eigenvalue weighted by Gasteiger charge is -2.47. The van der Waals surface area contributed by atoms with Crippen molar-refractivity contribution in [2.45, 2.75) is 101 Å². The highest BCUT2D eigenvalue weighted by molar-refractivity contribution is 6.32. The zero-order valence-electron chi connectivity index (χ0n) is 29.5. The molecule has 2 heterocycles. The van der Waals surface area contributed by atoms with Gasteiger partial charge in [-0.25, -0.2) is 4.79 Å². The average molecular weight is 721 g/mol. The van der Waals surface area contributed by atoms with Crippen molar-refractivity contribution >= 4 is 34.9 Å². The van der Waals surface area contributed by atoms with Crippen LogP contribution in [0, 0.1) is 11.8 Å². The summed E-state index contributed by atoms with van der Waals surface area (Å²) in [5, 5.41) is 15.3. The molecule has 1 aliphatic heterocycles. The fraction of sp³-hybridized carbons (Fsp3) is 0.561. The van der Waals surface area contributed by atoms with E-state index in [1.54, 1.807) is 12.1 Å². The minimum atomic E-state index is -1.07. The molecule has 0 radical (unpaired) electrons. The molecular formula is C41H51Cl2N3O4. The zero-order valence-corrected chi connectivity index (χ0v) is 31.0. The summed E-state index contributed by atoms with van der Waals surface area (Å²) in [6.45, 7) is 8.97. The van der Waals surface area contributed by atoms with Crippen molar-refractivity contribution in [2.75, 3.05) is 38.2 Å². The average Bonchev–Trinajstić information content (AvgIpc) is 3.71. The van der Waals surface area contributed by atoms with Crippen molar-refractivity contribution in [3.8, 4) is 11.5 Å². The van der Waals surface area contributed by atoms with Crippen LogP contribution in [0.5, 0.6) is 11.5 Å². The minimum Gasteiger partial charge on any atom is -0.493 e. The predicted molar refractivity (Wildman–Crippen MR) is 200 cm³/mol. The Morgan fingerprint density at radius 1 is 1.06 bits per heavy atom. The van der Waals surface area contributed by atoms with E-state index in [9.17, 15) is 9.90 Å². The lowest BCUT2D eigenvalue weighted by molar-refractivity contribution is -0.144. The highest BCUT2D eigenvalue weighted by Gasteiger charge is 2.54. The van der Waals surface area contributed by atoms with E-state index in [1.165, 1.54) is 48.1 Å². The fourth-order valence-electron chi connectivity index (χ4n) is 9.51. The quantitative estimate of drug-likeness (QED) is 0.193. The number of rotatable bonds is 12. The topological polar surface area (TPSA) is 83.9 Å². The van der Waals surface area contributed by atoms with Crippen molar-refractivity contribution in [1.29, 1.82) is 0 Å². The molecule has 0 amide bonds. The van der Waals surface area contributed by atoms with E-state index in [0.29, 0.717) is 53.9 Å². The molecule has 1 saturated heterocycles. The van der Waals surface area contributed by atoms with E-state index < -0.39 is 11.5 Å². The van der Waals surface area contributed by atoms with E-state index in [0.717, 1.165) is 68.9 Å². The van der Waals surface area contributed by atoms with Gasteiger partial charge in [0, 0.05) is 34.7 Å². The first-order chi connectivity index (χ1) is 24.2. The van der Waals surface area contributed by atoms with Gasteiger partial charge in [-0.3, -0.25) is 9.88 Å². The van der Waals surface area contributed by atoms with Gasteiger partial charge in [0.05, 0.1) is 11.6 Å². The number of fused-ring (bicyclic) bond motifs is 3. The summed E-state index contributed by atoms with van der Waals surface area (Å²) in [6, 6.07) is 13.7. The van der Waals surface area contributed by atoms with E-state index in [4.69, 9.17) is 32.7 Å². The second kappa shape index (κ2) is 14.9. The molecular weight excluding hydrogens is 669 g/mol. The number of aliphatic carboxylic acids is 1. The lowest BCUT2D eigenvalue weighted by Crippen LogP contribution is -2.53. The van der Waals surface area contributed by atoms with E-state index in [2.05, 4.69) is 41.2 Å². The number of ether oxygens (including phenoxy) is 2. The van der Waals surface area contributed by atoms with Gasteiger partial charge in [-0.05, 0) is 154 Å². The van der Waals surface area contributed by atoms with Crippen LogP contribution in [-0.4, -0.2) is 59.3 Å². The van der Waals surface area contributed by atoms with Crippen molar-refractivity contribution in [1.82, 2.24) is 9.88 Å². The number of anilines is 1. The number of carbonyl (C=O) groups is 1. The van der Waals surface area contributed by atoms with Gasteiger partial charge < -0.3 is 19.9 Å². The number of aryl methyl sites for hydroxylation is 1. The van der Waals surface area contributed by atoms with E-state index in [-0.39, 0.29) is 5.41 Å². The molecule has 0 bridgehead atoms. The number of pyridine rings is 1. The van der Waals surface area contributed by atoms with Crippen LogP contribution in [-0.2, 0) is 23.1 Å². The van der Waals surface area contributed by atoms with Crippen LogP contribution in [0.15, 0.2) is 48.7 Å². The van der Waals surface area contributed by atoms with Crippen molar-refractivity contribution < 1.29 is 19.4 Å². The largest absolute Gasteiger partial charge is 0.493 e. The molecule has 268 valence electrons. The summed E-state index contributed by atoms with van der Waals surface area (Å²) < 4.78 is 12.9. The van der Waals surface area contributed by atoms with E-state index in [1.807, 2.05) is 24.4 Å². The number of benzene rings is 2. The Morgan fingerprint density at radius 2 is 1.86 bits per heavy atom. The maximum absolute atomic E-state index is 13.0. The van der Waals surface area contributed by atoms with Crippen molar-refractivity contribution in [3.05, 3.63) is 81.1 Å². The first kappa shape index (κ1) is 35.4. The number of likely N-dealkylation sites (tertiary alicyclic amines) is 1. The summed E-state index contributed by atoms with van der Waals surface area (Å²) >= 11 is 13.2. The van der Waals surface area contributed by atoms with Gasteiger partial charge in [-0.15, -0.1) is 0 Å². The van der Waals surface area contributed by atoms with Gasteiger partial charge in [-0.1, -0.05) is 43.1 Å². The molecule has 1 spiro atoms. The molecule has 9 heteroatoms. The summed E-state index contributed by atoms with van der Waals surface area (Å²) in [5.41, 5.74) is 4.50. The molecule has 2 aromatic carbocycles. The third-order valence-electron chi connectivity index (χ3n) is 12.2. The molecule has 7 nitrogen and oxygen atoms in total. The van der Waals surface area contributed by atoms with Crippen molar-refractivity contribution in [2.24, 2.45) is 11.8 Å². The zero-order chi connectivity index (χ0) is 34.9. The summed E-state index contributed by atoms with van der Waals surface area (Å²) in [5.74, 6) is 1.99. The number of nitrogens with one attached hydrogen (secondary N) is 1. The second-order valence-corrected chi connectivity index (χ2v) is 16.4. The first-order valence-corrected chi connectivity index (χ1v) is 19.5. The predicted octanol–water partition coefficient (Wildman–Crippen LogP) is 9.33. The van der Waals surface area contributed by atoms with Gasteiger partial charge >= 0.3 is 5.97 Å². The summed E-state index contributed by atoms with van der Waals surface area (Å²) in [4.78, 5) is 20.1. The molecule has 2 N–H and O–H groups in total. The standard InChI is InChI=1S/C41H51Cl2N3O4/c1-27(26-50-36-11-16-44-35-10-5-7-28(2)38(35)36)21-30-22-29-23-34(43)37(49-20-19-46-17-3-4-18-46)25-33(29)40(30)12-14-41(15-13-40,39(47)48)45-32-9-6-8-31(42)24-32/h6,8-9,11,16,23-25,27-28,30,45H,3-5,7,10,12-15,17-22,26H2,1-2H3,(H,47,48)/t27-,28-,30?,40?,41?/m1/s1. The summed E-state index contributed by atoms with van der Waals surface area (Å²) in [7, 11) is 0. The third kappa shape index (κ3) is 7.20.